The van der Waals surface area contributed by atoms with Crippen molar-refractivity contribution in [3.8, 4) is 17.2 Å². The number of methoxy groups -OCH3 is 1. The van der Waals surface area contributed by atoms with Crippen LogP contribution in [0, 0.1) is 5.82 Å². The van der Waals surface area contributed by atoms with Crippen LogP contribution in [0.2, 0.25) is 0 Å². The molecule has 7 nitrogen and oxygen atoms in total. The highest BCUT2D eigenvalue weighted by Gasteiger charge is 2.34. The van der Waals surface area contributed by atoms with Crippen LogP contribution in [-0.4, -0.2) is 25.7 Å². The van der Waals surface area contributed by atoms with Crippen molar-refractivity contribution in [2.75, 3.05) is 18.6 Å². The Morgan fingerprint density at radius 2 is 1.76 bits per heavy atom. The molecule has 34 heavy (non-hydrogen) atoms. The van der Waals surface area contributed by atoms with E-state index in [2.05, 4.69) is 5.32 Å². The van der Waals surface area contributed by atoms with E-state index in [1.165, 1.54) is 19.2 Å². The van der Waals surface area contributed by atoms with Gasteiger partial charge in [0, 0.05) is 0 Å². The SMILES string of the molecule is CCOc1cc(/C=C2\NC(=O)N(c3ccc(OC)cc3)C2=O)ccc1OCc1cccc(F)c1. The highest BCUT2D eigenvalue weighted by Crippen LogP contribution is 2.31. The molecule has 3 aromatic rings. The maximum Gasteiger partial charge on any atom is 0.333 e. The average molecular weight is 462 g/mol. The summed E-state index contributed by atoms with van der Waals surface area (Å²) in [5.41, 5.74) is 1.90. The molecule has 1 aliphatic rings. The second-order valence-corrected chi connectivity index (χ2v) is 7.38. The van der Waals surface area contributed by atoms with Gasteiger partial charge in [0.15, 0.2) is 11.5 Å². The number of ether oxygens (including phenoxy) is 3. The second-order valence-electron chi connectivity index (χ2n) is 7.38. The van der Waals surface area contributed by atoms with E-state index in [-0.39, 0.29) is 18.1 Å². The lowest BCUT2D eigenvalue weighted by atomic mass is 10.1. The first kappa shape index (κ1) is 22.8. The first-order valence-corrected chi connectivity index (χ1v) is 10.6. The zero-order valence-electron chi connectivity index (χ0n) is 18.7. The van der Waals surface area contributed by atoms with Crippen molar-refractivity contribution in [1.29, 1.82) is 0 Å². The highest BCUT2D eigenvalue weighted by atomic mass is 19.1. The summed E-state index contributed by atoms with van der Waals surface area (Å²) >= 11 is 0. The molecule has 0 bridgehead atoms. The number of anilines is 1. The Hall–Kier alpha value is -4.33. The van der Waals surface area contributed by atoms with Crippen LogP contribution in [-0.2, 0) is 11.4 Å². The van der Waals surface area contributed by atoms with Gasteiger partial charge in [-0.3, -0.25) is 4.79 Å². The van der Waals surface area contributed by atoms with Gasteiger partial charge in [0.2, 0.25) is 0 Å². The fraction of sp³-hybridized carbons (Fsp3) is 0.154. The number of rotatable bonds is 8. The van der Waals surface area contributed by atoms with Crippen LogP contribution in [0.1, 0.15) is 18.1 Å². The van der Waals surface area contributed by atoms with Gasteiger partial charge < -0.3 is 19.5 Å². The van der Waals surface area contributed by atoms with E-state index < -0.39 is 11.9 Å². The van der Waals surface area contributed by atoms with Crippen LogP contribution in [0.3, 0.4) is 0 Å². The van der Waals surface area contributed by atoms with Gasteiger partial charge in [-0.2, -0.15) is 0 Å². The number of halogens is 1. The van der Waals surface area contributed by atoms with Gasteiger partial charge in [0.05, 0.1) is 19.4 Å². The van der Waals surface area contributed by atoms with Crippen molar-refractivity contribution in [2.24, 2.45) is 0 Å². The largest absolute Gasteiger partial charge is 0.497 e. The maximum absolute atomic E-state index is 13.4. The van der Waals surface area contributed by atoms with Crippen LogP contribution in [0.5, 0.6) is 17.2 Å². The van der Waals surface area contributed by atoms with Crippen LogP contribution in [0.15, 0.2) is 72.4 Å². The number of nitrogens with one attached hydrogen (secondary N) is 1. The summed E-state index contributed by atoms with van der Waals surface area (Å²) in [7, 11) is 1.54. The summed E-state index contributed by atoms with van der Waals surface area (Å²) in [6, 6.07) is 17.4. The van der Waals surface area contributed by atoms with E-state index in [0.717, 1.165) is 4.90 Å². The predicted octanol–water partition coefficient (Wildman–Crippen LogP) is 4.91. The van der Waals surface area contributed by atoms with Crippen LogP contribution in [0.25, 0.3) is 6.08 Å². The molecule has 0 radical (unpaired) electrons. The monoisotopic (exact) mass is 462 g/mol. The molecule has 8 heteroatoms. The van der Waals surface area contributed by atoms with E-state index in [1.807, 2.05) is 6.92 Å². The fourth-order valence-corrected chi connectivity index (χ4v) is 3.46. The summed E-state index contributed by atoms with van der Waals surface area (Å²) in [6.45, 7) is 2.41. The first-order valence-electron chi connectivity index (χ1n) is 10.6. The van der Waals surface area contributed by atoms with Crippen molar-refractivity contribution in [3.05, 3.63) is 89.4 Å². The molecule has 3 amide bonds. The van der Waals surface area contributed by atoms with Crippen molar-refractivity contribution < 1.29 is 28.2 Å². The second kappa shape index (κ2) is 10.1. The number of carbonyl (C=O) groups excluding carboxylic acids is 2. The molecular weight excluding hydrogens is 439 g/mol. The van der Waals surface area contributed by atoms with E-state index >= 15 is 0 Å². The lowest BCUT2D eigenvalue weighted by molar-refractivity contribution is -0.113. The molecule has 1 saturated heterocycles. The summed E-state index contributed by atoms with van der Waals surface area (Å²) < 4.78 is 30.0. The van der Waals surface area contributed by atoms with Gasteiger partial charge in [-0.05, 0) is 72.7 Å². The van der Waals surface area contributed by atoms with E-state index in [0.29, 0.717) is 40.7 Å². The molecule has 4 rings (SSSR count). The van der Waals surface area contributed by atoms with Gasteiger partial charge in [0.25, 0.3) is 5.91 Å². The molecule has 1 aliphatic heterocycles. The quantitative estimate of drug-likeness (QED) is 0.380. The van der Waals surface area contributed by atoms with Gasteiger partial charge in [0.1, 0.15) is 23.9 Å². The third-order valence-electron chi connectivity index (χ3n) is 5.07. The lowest BCUT2D eigenvalue weighted by Crippen LogP contribution is -2.30. The van der Waals surface area contributed by atoms with Gasteiger partial charge >= 0.3 is 6.03 Å². The molecule has 0 aromatic heterocycles. The Balaban J connectivity index is 1.54. The molecule has 3 aromatic carbocycles. The molecule has 0 aliphatic carbocycles. The standard InChI is InChI=1S/C26H23FN2O5/c1-3-33-24-15-17(7-12-23(24)34-16-18-5-4-6-19(27)13-18)14-22-25(30)29(26(31)28-22)20-8-10-21(32-2)11-9-20/h4-15H,3,16H2,1-2H3,(H,28,31)/b22-14-. The van der Waals surface area contributed by atoms with Crippen molar-refractivity contribution >= 4 is 23.7 Å². The molecule has 1 fully saturated rings. The fourth-order valence-electron chi connectivity index (χ4n) is 3.46. The number of imide groups is 1. The molecular formula is C26H23FN2O5. The number of hydrogen-bond donors (Lipinski definition) is 1. The minimum absolute atomic E-state index is 0.136. The molecule has 0 atom stereocenters. The topological polar surface area (TPSA) is 77.1 Å². The Morgan fingerprint density at radius 3 is 2.47 bits per heavy atom. The van der Waals surface area contributed by atoms with Crippen LogP contribution in [0.4, 0.5) is 14.9 Å². The third-order valence-corrected chi connectivity index (χ3v) is 5.07. The van der Waals surface area contributed by atoms with E-state index in [1.54, 1.807) is 60.7 Å². The number of carbonyl (C=O) groups is 2. The molecule has 0 unspecified atom stereocenters. The van der Waals surface area contributed by atoms with Crippen molar-refractivity contribution in [1.82, 2.24) is 5.32 Å². The number of hydrogen-bond acceptors (Lipinski definition) is 5. The smallest absolute Gasteiger partial charge is 0.333 e. The number of nitrogens with zero attached hydrogens (tertiary/aromatic N) is 1. The molecule has 174 valence electrons. The number of amides is 3. The normalized spacial score (nSPS) is 14.3. The summed E-state index contributed by atoms with van der Waals surface area (Å²) in [5.74, 6) is 0.765. The van der Waals surface area contributed by atoms with Crippen molar-refractivity contribution in [3.63, 3.8) is 0 Å². The minimum Gasteiger partial charge on any atom is -0.497 e. The molecule has 1 heterocycles. The average Bonchev–Trinajstić information content (AvgIpc) is 3.11. The zero-order valence-corrected chi connectivity index (χ0v) is 18.7. The maximum atomic E-state index is 13.4. The highest BCUT2D eigenvalue weighted by molar-refractivity contribution is 6.28. The molecule has 1 N–H and O–H groups in total. The molecule has 0 saturated carbocycles. The van der Waals surface area contributed by atoms with Gasteiger partial charge in [-0.25, -0.2) is 14.1 Å². The van der Waals surface area contributed by atoms with Crippen LogP contribution >= 0.6 is 0 Å². The lowest BCUT2D eigenvalue weighted by Gasteiger charge is -2.13. The van der Waals surface area contributed by atoms with E-state index in [4.69, 9.17) is 14.2 Å². The Morgan fingerprint density at radius 1 is 0.971 bits per heavy atom. The minimum atomic E-state index is -0.540. The first-order chi connectivity index (χ1) is 16.5. The Bertz CT molecular complexity index is 1240. The zero-order chi connectivity index (χ0) is 24.1. The summed E-state index contributed by atoms with van der Waals surface area (Å²) in [6.07, 6.45) is 1.57. The van der Waals surface area contributed by atoms with E-state index in [9.17, 15) is 14.0 Å². The number of urea groups is 1. The number of benzene rings is 3. The van der Waals surface area contributed by atoms with Gasteiger partial charge in [-0.15, -0.1) is 0 Å². The van der Waals surface area contributed by atoms with Crippen LogP contribution < -0.4 is 24.4 Å². The Labute approximate surface area is 196 Å². The predicted molar refractivity (Wildman–Crippen MR) is 125 cm³/mol. The van der Waals surface area contributed by atoms with Gasteiger partial charge in [-0.1, -0.05) is 18.2 Å². The summed E-state index contributed by atoms with van der Waals surface area (Å²) in [5, 5.41) is 2.61. The summed E-state index contributed by atoms with van der Waals surface area (Å²) in [4.78, 5) is 26.4. The Kier molecular flexibility index (Phi) is 6.77. The van der Waals surface area contributed by atoms with Crippen molar-refractivity contribution in [2.45, 2.75) is 13.5 Å². The third kappa shape index (κ3) is 5.01. The molecule has 0 spiro atoms.